The van der Waals surface area contributed by atoms with Crippen molar-refractivity contribution < 1.29 is 14.3 Å². The Bertz CT molecular complexity index is 778. The lowest BCUT2D eigenvalue weighted by Crippen LogP contribution is -2.36. The molecule has 1 aliphatic heterocycles. The van der Waals surface area contributed by atoms with Crippen LogP contribution in [-0.2, 0) is 22.4 Å². The van der Waals surface area contributed by atoms with Crippen LogP contribution < -0.4 is 10.1 Å². The van der Waals surface area contributed by atoms with Crippen LogP contribution in [0.4, 0.5) is 5.69 Å². The van der Waals surface area contributed by atoms with E-state index in [0.717, 1.165) is 48.5 Å². The summed E-state index contributed by atoms with van der Waals surface area (Å²) in [5.41, 5.74) is 2.84. The number of methoxy groups -OCH3 is 1. The van der Waals surface area contributed by atoms with Crippen LogP contribution in [0.15, 0.2) is 48.5 Å². The Kier molecular flexibility index (Phi) is 7.06. The maximum atomic E-state index is 12.3. The molecule has 0 unspecified atom stereocenters. The van der Waals surface area contributed by atoms with Gasteiger partial charge in [-0.2, -0.15) is 0 Å². The first kappa shape index (κ1) is 19.9. The number of ether oxygens (including phenoxy) is 1. The molecule has 1 fully saturated rings. The Morgan fingerprint density at radius 1 is 0.929 bits per heavy atom. The number of rotatable bonds is 7. The zero-order chi connectivity index (χ0) is 19.8. The summed E-state index contributed by atoms with van der Waals surface area (Å²) in [6, 6.07) is 15.3. The van der Waals surface area contributed by atoms with Crippen molar-refractivity contribution in [2.75, 3.05) is 25.5 Å². The molecule has 2 amide bonds. The summed E-state index contributed by atoms with van der Waals surface area (Å²) in [7, 11) is 1.64. The summed E-state index contributed by atoms with van der Waals surface area (Å²) in [5, 5.41) is 2.92. The van der Waals surface area contributed by atoms with E-state index in [1.807, 2.05) is 53.4 Å². The van der Waals surface area contributed by atoms with Gasteiger partial charge in [-0.3, -0.25) is 9.59 Å². The zero-order valence-electron chi connectivity index (χ0n) is 16.4. The zero-order valence-corrected chi connectivity index (χ0v) is 16.4. The molecule has 3 rings (SSSR count). The highest BCUT2D eigenvalue weighted by Gasteiger charge is 2.16. The molecule has 5 heteroatoms. The van der Waals surface area contributed by atoms with Gasteiger partial charge >= 0.3 is 0 Å². The lowest BCUT2D eigenvalue weighted by atomic mass is 10.1. The minimum atomic E-state index is -0.0204. The van der Waals surface area contributed by atoms with Crippen molar-refractivity contribution in [3.8, 4) is 5.75 Å². The van der Waals surface area contributed by atoms with E-state index in [1.165, 1.54) is 6.42 Å². The van der Waals surface area contributed by atoms with Crippen molar-refractivity contribution >= 4 is 17.5 Å². The van der Waals surface area contributed by atoms with Gasteiger partial charge in [0.25, 0.3) is 0 Å². The standard InChI is InChI=1S/C23H28N2O3/c1-28-21-12-7-18(8-13-21)9-14-22(26)24-20-10-5-19(6-11-20)17-23(27)25-15-3-2-4-16-25/h5-8,10-13H,2-4,9,14-17H2,1H3,(H,24,26). The molecule has 28 heavy (non-hydrogen) atoms. The molecule has 0 atom stereocenters. The van der Waals surface area contributed by atoms with Gasteiger partial charge in [-0.25, -0.2) is 0 Å². The molecule has 0 radical (unpaired) electrons. The summed E-state index contributed by atoms with van der Waals surface area (Å²) in [6.45, 7) is 1.75. The maximum Gasteiger partial charge on any atom is 0.226 e. The second-order valence-electron chi connectivity index (χ2n) is 7.21. The number of likely N-dealkylation sites (tertiary alicyclic amines) is 1. The first-order chi connectivity index (χ1) is 13.6. The molecule has 0 spiro atoms. The Balaban J connectivity index is 1.45. The second-order valence-corrected chi connectivity index (χ2v) is 7.21. The number of piperidine rings is 1. The van der Waals surface area contributed by atoms with Crippen LogP contribution in [0.2, 0.25) is 0 Å². The third kappa shape index (κ3) is 5.84. The highest BCUT2D eigenvalue weighted by atomic mass is 16.5. The fourth-order valence-corrected chi connectivity index (χ4v) is 3.41. The minimum absolute atomic E-state index is 0.0204. The average molecular weight is 380 g/mol. The van der Waals surface area contributed by atoms with Gasteiger partial charge < -0.3 is 15.0 Å². The van der Waals surface area contributed by atoms with Crippen LogP contribution in [0.3, 0.4) is 0 Å². The fraction of sp³-hybridized carbons (Fsp3) is 0.391. The van der Waals surface area contributed by atoms with E-state index in [0.29, 0.717) is 19.3 Å². The molecule has 0 aliphatic carbocycles. The molecule has 0 saturated carbocycles. The summed E-state index contributed by atoms with van der Waals surface area (Å²) in [4.78, 5) is 26.5. The summed E-state index contributed by atoms with van der Waals surface area (Å²) >= 11 is 0. The fourth-order valence-electron chi connectivity index (χ4n) is 3.41. The van der Waals surface area contributed by atoms with Crippen molar-refractivity contribution in [2.24, 2.45) is 0 Å². The Morgan fingerprint density at radius 3 is 2.21 bits per heavy atom. The Labute approximate surface area is 166 Å². The molecule has 1 aliphatic rings. The molecule has 0 bridgehead atoms. The smallest absolute Gasteiger partial charge is 0.226 e. The number of aryl methyl sites for hydroxylation is 1. The second kappa shape index (κ2) is 9.93. The Morgan fingerprint density at radius 2 is 1.57 bits per heavy atom. The van der Waals surface area contributed by atoms with Crippen molar-refractivity contribution in [2.45, 2.75) is 38.5 Å². The van der Waals surface area contributed by atoms with E-state index >= 15 is 0 Å². The van der Waals surface area contributed by atoms with E-state index in [2.05, 4.69) is 5.32 Å². The number of hydrogen-bond acceptors (Lipinski definition) is 3. The van der Waals surface area contributed by atoms with E-state index < -0.39 is 0 Å². The SMILES string of the molecule is COc1ccc(CCC(=O)Nc2ccc(CC(=O)N3CCCCC3)cc2)cc1. The van der Waals surface area contributed by atoms with Gasteiger partial charge in [0, 0.05) is 25.2 Å². The number of nitrogens with zero attached hydrogens (tertiary/aromatic N) is 1. The number of carbonyl (C=O) groups is 2. The van der Waals surface area contributed by atoms with Crippen LogP contribution in [0.25, 0.3) is 0 Å². The average Bonchev–Trinajstić information content (AvgIpc) is 2.74. The highest BCUT2D eigenvalue weighted by molar-refractivity contribution is 5.90. The molecule has 1 saturated heterocycles. The van der Waals surface area contributed by atoms with Crippen LogP contribution >= 0.6 is 0 Å². The number of carbonyl (C=O) groups excluding carboxylic acids is 2. The van der Waals surface area contributed by atoms with Gasteiger partial charge in [0.05, 0.1) is 13.5 Å². The molecular weight excluding hydrogens is 352 g/mol. The minimum Gasteiger partial charge on any atom is -0.497 e. The molecule has 2 aromatic carbocycles. The van der Waals surface area contributed by atoms with Gasteiger partial charge in [0.1, 0.15) is 5.75 Å². The maximum absolute atomic E-state index is 12.3. The molecule has 0 aromatic heterocycles. The summed E-state index contributed by atoms with van der Waals surface area (Å²) in [6.07, 6.45) is 4.95. The van der Waals surface area contributed by atoms with Crippen molar-refractivity contribution in [1.82, 2.24) is 4.90 Å². The van der Waals surface area contributed by atoms with E-state index in [4.69, 9.17) is 4.74 Å². The van der Waals surface area contributed by atoms with Crippen molar-refractivity contribution in [3.05, 3.63) is 59.7 Å². The lowest BCUT2D eigenvalue weighted by Gasteiger charge is -2.26. The van der Waals surface area contributed by atoms with E-state index in [1.54, 1.807) is 7.11 Å². The lowest BCUT2D eigenvalue weighted by molar-refractivity contribution is -0.131. The third-order valence-electron chi connectivity index (χ3n) is 5.10. The normalized spacial score (nSPS) is 13.8. The first-order valence-electron chi connectivity index (χ1n) is 9.93. The molecule has 1 N–H and O–H groups in total. The number of anilines is 1. The number of hydrogen-bond donors (Lipinski definition) is 1. The largest absolute Gasteiger partial charge is 0.497 e. The van der Waals surface area contributed by atoms with Crippen molar-refractivity contribution in [3.63, 3.8) is 0 Å². The van der Waals surface area contributed by atoms with Crippen LogP contribution in [0, 0.1) is 0 Å². The molecule has 5 nitrogen and oxygen atoms in total. The number of amides is 2. The highest BCUT2D eigenvalue weighted by Crippen LogP contribution is 2.15. The first-order valence-corrected chi connectivity index (χ1v) is 9.93. The molecule has 1 heterocycles. The van der Waals surface area contributed by atoms with Gasteiger partial charge in [-0.15, -0.1) is 0 Å². The molecule has 2 aromatic rings. The molecular formula is C23H28N2O3. The van der Waals surface area contributed by atoms with Gasteiger partial charge in [0.15, 0.2) is 0 Å². The summed E-state index contributed by atoms with van der Waals surface area (Å²) < 4.78 is 5.14. The van der Waals surface area contributed by atoms with Gasteiger partial charge in [-0.1, -0.05) is 24.3 Å². The Hall–Kier alpha value is -2.82. The summed E-state index contributed by atoms with van der Waals surface area (Å²) in [5.74, 6) is 0.982. The van der Waals surface area contributed by atoms with Crippen LogP contribution in [-0.4, -0.2) is 36.9 Å². The van der Waals surface area contributed by atoms with Gasteiger partial charge in [0.2, 0.25) is 11.8 Å². The number of nitrogens with one attached hydrogen (secondary N) is 1. The predicted molar refractivity (Wildman–Crippen MR) is 111 cm³/mol. The van der Waals surface area contributed by atoms with E-state index in [9.17, 15) is 9.59 Å². The van der Waals surface area contributed by atoms with E-state index in [-0.39, 0.29) is 11.8 Å². The monoisotopic (exact) mass is 380 g/mol. The quantitative estimate of drug-likeness (QED) is 0.794. The topological polar surface area (TPSA) is 58.6 Å². The van der Waals surface area contributed by atoms with Crippen LogP contribution in [0.1, 0.15) is 36.8 Å². The predicted octanol–water partition coefficient (Wildman–Crippen LogP) is 3.82. The third-order valence-corrected chi connectivity index (χ3v) is 5.10. The van der Waals surface area contributed by atoms with Gasteiger partial charge in [-0.05, 0) is 61.1 Å². The number of benzene rings is 2. The van der Waals surface area contributed by atoms with Crippen molar-refractivity contribution in [1.29, 1.82) is 0 Å². The van der Waals surface area contributed by atoms with Crippen LogP contribution in [0.5, 0.6) is 5.75 Å². The molecule has 148 valence electrons.